The van der Waals surface area contributed by atoms with Gasteiger partial charge in [-0.3, -0.25) is 4.79 Å². The van der Waals surface area contributed by atoms with Crippen molar-refractivity contribution in [2.75, 3.05) is 38.2 Å². The van der Waals surface area contributed by atoms with Crippen LogP contribution in [0.4, 0.5) is 5.69 Å². The van der Waals surface area contributed by atoms with Crippen LogP contribution in [0.1, 0.15) is 16.3 Å². The molecule has 1 aliphatic heterocycles. The quantitative estimate of drug-likeness (QED) is 0.586. The Morgan fingerprint density at radius 2 is 1.61 bits per heavy atom. The molecule has 0 N–H and O–H groups in total. The van der Waals surface area contributed by atoms with E-state index in [1.165, 1.54) is 0 Å². The van der Waals surface area contributed by atoms with Crippen LogP contribution >= 0.6 is 0 Å². The van der Waals surface area contributed by atoms with Crippen molar-refractivity contribution < 1.29 is 22.4 Å². The predicted molar refractivity (Wildman–Crippen MR) is 117 cm³/mol. The van der Waals surface area contributed by atoms with Gasteiger partial charge in [0.15, 0.2) is 15.6 Å². The second kappa shape index (κ2) is 8.85. The first-order valence-electron chi connectivity index (χ1n) is 10.0. The van der Waals surface area contributed by atoms with Gasteiger partial charge in [0.05, 0.1) is 12.0 Å². The second-order valence-corrected chi connectivity index (χ2v) is 9.30. The van der Waals surface area contributed by atoms with E-state index in [1.807, 2.05) is 24.3 Å². The number of hydrogen-bond donors (Lipinski definition) is 0. The molecule has 1 aromatic heterocycles. The van der Waals surface area contributed by atoms with Gasteiger partial charge in [-0.25, -0.2) is 8.42 Å². The minimum atomic E-state index is -3.53. The highest BCUT2D eigenvalue weighted by molar-refractivity contribution is 7.90. The third kappa shape index (κ3) is 4.74. The number of benzene rings is 2. The normalized spacial score (nSPS) is 14.5. The minimum absolute atomic E-state index is 0.163. The lowest BCUT2D eigenvalue weighted by Gasteiger charge is -2.35. The molecule has 1 amide bonds. The molecular weight excluding hydrogens is 416 g/mol. The van der Waals surface area contributed by atoms with E-state index in [0.29, 0.717) is 26.2 Å². The molecule has 7 nitrogen and oxygen atoms in total. The number of sulfone groups is 1. The number of piperazine rings is 1. The smallest absolute Gasteiger partial charge is 0.289 e. The van der Waals surface area contributed by atoms with Gasteiger partial charge in [-0.15, -0.1) is 0 Å². The molecule has 0 aliphatic carbocycles. The van der Waals surface area contributed by atoms with Crippen LogP contribution in [0.15, 0.2) is 76.0 Å². The third-order valence-electron chi connectivity index (χ3n) is 5.31. The lowest BCUT2D eigenvalue weighted by Crippen LogP contribution is -2.48. The Morgan fingerprint density at radius 1 is 0.935 bits per heavy atom. The molecule has 31 heavy (non-hydrogen) atoms. The molecule has 2 heterocycles. The van der Waals surface area contributed by atoms with Crippen LogP contribution in [0.25, 0.3) is 0 Å². The van der Waals surface area contributed by atoms with Crippen LogP contribution in [0.2, 0.25) is 0 Å². The van der Waals surface area contributed by atoms with Crippen molar-refractivity contribution in [1.29, 1.82) is 0 Å². The Hall–Kier alpha value is -3.26. The Bertz CT molecular complexity index is 1130. The maximum atomic E-state index is 12.8. The van der Waals surface area contributed by atoms with E-state index in [2.05, 4.69) is 4.90 Å². The summed E-state index contributed by atoms with van der Waals surface area (Å²) in [6.45, 7) is 2.52. The maximum Gasteiger partial charge on any atom is 0.289 e. The van der Waals surface area contributed by atoms with Crippen molar-refractivity contribution in [1.82, 2.24) is 4.90 Å². The zero-order valence-electron chi connectivity index (χ0n) is 17.2. The molecule has 4 rings (SSSR count). The monoisotopic (exact) mass is 440 g/mol. The van der Waals surface area contributed by atoms with Gasteiger partial charge in [-0.05, 0) is 48.5 Å². The van der Waals surface area contributed by atoms with Crippen LogP contribution in [0.3, 0.4) is 0 Å². The van der Waals surface area contributed by atoms with Crippen molar-refractivity contribution in [3.63, 3.8) is 0 Å². The fourth-order valence-corrected chi connectivity index (χ4v) is 4.85. The lowest BCUT2D eigenvalue weighted by atomic mass is 10.2. The summed E-state index contributed by atoms with van der Waals surface area (Å²) in [5.41, 5.74) is 1.08. The highest BCUT2D eigenvalue weighted by Crippen LogP contribution is 2.22. The molecule has 0 radical (unpaired) electrons. The molecule has 0 bridgehead atoms. The number of ether oxygens (including phenoxy) is 1. The number of carbonyl (C=O) groups excluding carboxylic acids is 1. The zero-order chi connectivity index (χ0) is 21.8. The van der Waals surface area contributed by atoms with E-state index in [-0.39, 0.29) is 28.1 Å². The molecule has 1 saturated heterocycles. The van der Waals surface area contributed by atoms with Crippen molar-refractivity contribution in [3.05, 3.63) is 78.3 Å². The second-order valence-electron chi connectivity index (χ2n) is 7.32. The van der Waals surface area contributed by atoms with Crippen molar-refractivity contribution in [3.8, 4) is 5.75 Å². The number of nitrogens with zero attached hydrogens (tertiary/aromatic N) is 2. The fraction of sp³-hybridized carbons (Fsp3) is 0.261. The van der Waals surface area contributed by atoms with Gasteiger partial charge in [0.25, 0.3) is 5.91 Å². The lowest BCUT2D eigenvalue weighted by molar-refractivity contribution is 0.0713. The van der Waals surface area contributed by atoms with Crippen molar-refractivity contribution in [2.45, 2.75) is 10.6 Å². The average Bonchev–Trinajstić information content (AvgIpc) is 3.27. The van der Waals surface area contributed by atoms with E-state index in [0.717, 1.165) is 11.4 Å². The van der Waals surface area contributed by atoms with Gasteiger partial charge in [0.2, 0.25) is 0 Å². The van der Waals surface area contributed by atoms with Crippen LogP contribution < -0.4 is 9.64 Å². The highest BCUT2D eigenvalue weighted by atomic mass is 32.2. The molecule has 0 spiro atoms. The Morgan fingerprint density at radius 3 is 2.26 bits per heavy atom. The first-order chi connectivity index (χ1) is 15.0. The summed E-state index contributed by atoms with van der Waals surface area (Å²) in [5.74, 6) is 0.716. The van der Waals surface area contributed by atoms with E-state index >= 15 is 0 Å². The number of methoxy groups -OCH3 is 1. The maximum absolute atomic E-state index is 12.8. The summed E-state index contributed by atoms with van der Waals surface area (Å²) in [5, 5.41) is 0. The van der Waals surface area contributed by atoms with Gasteiger partial charge in [0, 0.05) is 31.9 Å². The molecule has 0 saturated carbocycles. The Labute approximate surface area is 181 Å². The van der Waals surface area contributed by atoms with E-state index < -0.39 is 9.84 Å². The molecule has 1 aliphatic rings. The van der Waals surface area contributed by atoms with Gasteiger partial charge in [-0.2, -0.15) is 0 Å². The minimum Gasteiger partial charge on any atom is -0.497 e. The number of rotatable bonds is 6. The van der Waals surface area contributed by atoms with Crippen LogP contribution in [-0.4, -0.2) is 52.5 Å². The SMILES string of the molecule is COc1ccc(N2CCN(C(=O)c3ccc(CS(=O)(=O)c4ccccc4)o3)CC2)cc1. The summed E-state index contributed by atoms with van der Waals surface area (Å²) in [6.07, 6.45) is 0. The average molecular weight is 441 g/mol. The van der Waals surface area contributed by atoms with E-state index in [9.17, 15) is 13.2 Å². The third-order valence-corrected chi connectivity index (χ3v) is 6.97. The molecule has 1 fully saturated rings. The topological polar surface area (TPSA) is 80.1 Å². The number of carbonyl (C=O) groups is 1. The number of furan rings is 1. The van der Waals surface area contributed by atoms with Crippen LogP contribution in [-0.2, 0) is 15.6 Å². The van der Waals surface area contributed by atoms with E-state index in [1.54, 1.807) is 54.5 Å². The zero-order valence-corrected chi connectivity index (χ0v) is 18.0. The molecule has 2 aromatic carbocycles. The summed E-state index contributed by atoms with van der Waals surface area (Å²) < 4.78 is 35.8. The Kier molecular flexibility index (Phi) is 5.99. The van der Waals surface area contributed by atoms with Gasteiger partial charge in [-0.1, -0.05) is 18.2 Å². The largest absolute Gasteiger partial charge is 0.497 e. The fourth-order valence-electron chi connectivity index (χ4n) is 3.59. The highest BCUT2D eigenvalue weighted by Gasteiger charge is 2.25. The summed E-state index contributed by atoms with van der Waals surface area (Å²) >= 11 is 0. The Balaban J connectivity index is 1.37. The molecular formula is C23H24N2O5S. The van der Waals surface area contributed by atoms with Gasteiger partial charge in [0.1, 0.15) is 17.3 Å². The summed E-state index contributed by atoms with van der Waals surface area (Å²) in [7, 11) is -1.89. The molecule has 0 atom stereocenters. The summed E-state index contributed by atoms with van der Waals surface area (Å²) in [4.78, 5) is 17.0. The number of anilines is 1. The van der Waals surface area contributed by atoms with Crippen molar-refractivity contribution >= 4 is 21.4 Å². The number of amides is 1. The van der Waals surface area contributed by atoms with Gasteiger partial charge >= 0.3 is 0 Å². The standard InChI is InChI=1S/C23H24N2O5S/c1-29-19-9-7-18(8-10-19)24-13-15-25(16-14-24)23(26)22-12-11-20(30-22)17-31(27,28)21-5-3-2-4-6-21/h2-12H,13-17H2,1H3. The molecule has 0 unspecified atom stereocenters. The van der Waals surface area contributed by atoms with Crippen LogP contribution in [0, 0.1) is 0 Å². The molecule has 3 aromatic rings. The number of hydrogen-bond acceptors (Lipinski definition) is 6. The first-order valence-corrected chi connectivity index (χ1v) is 11.7. The molecule has 8 heteroatoms. The van der Waals surface area contributed by atoms with Gasteiger partial charge < -0.3 is 19.0 Å². The molecule has 162 valence electrons. The predicted octanol–water partition coefficient (Wildman–Crippen LogP) is 3.22. The van der Waals surface area contributed by atoms with Crippen molar-refractivity contribution in [2.24, 2.45) is 0 Å². The van der Waals surface area contributed by atoms with E-state index in [4.69, 9.17) is 9.15 Å². The van der Waals surface area contributed by atoms with Crippen LogP contribution in [0.5, 0.6) is 5.75 Å². The first kappa shape index (κ1) is 21.0. The summed E-state index contributed by atoms with van der Waals surface area (Å²) in [6, 6.07) is 19.2.